The minimum Gasteiger partial charge on any atom is -0.352 e. The van der Waals surface area contributed by atoms with E-state index >= 15 is 0 Å². The number of halogens is 1. The molecule has 2 aromatic rings. The fraction of sp³-hybridized carbons (Fsp3) is 0.333. The lowest BCUT2D eigenvalue weighted by molar-refractivity contribution is -0.140. The summed E-state index contributed by atoms with van der Waals surface area (Å²) in [5.41, 5.74) is 1.24. The maximum atomic E-state index is 14.1. The van der Waals surface area contributed by atoms with Crippen molar-refractivity contribution in [3.8, 4) is 0 Å². The normalized spacial score (nSPS) is 11.9. The smallest absolute Gasteiger partial charge is 0.242 e. The molecule has 0 aromatic heterocycles. The van der Waals surface area contributed by atoms with Gasteiger partial charge >= 0.3 is 0 Å². The molecule has 0 saturated carbocycles. The van der Waals surface area contributed by atoms with Crippen molar-refractivity contribution in [2.24, 2.45) is 0 Å². The molecule has 0 unspecified atom stereocenters. The first-order chi connectivity index (χ1) is 12.4. The van der Waals surface area contributed by atoms with Crippen molar-refractivity contribution in [1.82, 2.24) is 10.2 Å². The summed E-state index contributed by atoms with van der Waals surface area (Å²) in [5.74, 6) is -0.856. The van der Waals surface area contributed by atoms with Crippen molar-refractivity contribution in [1.29, 1.82) is 0 Å². The Kier molecular flexibility index (Phi) is 6.89. The van der Waals surface area contributed by atoms with Crippen molar-refractivity contribution in [2.75, 3.05) is 0 Å². The first-order valence-electron chi connectivity index (χ1n) is 8.75. The van der Waals surface area contributed by atoms with Gasteiger partial charge in [-0.1, -0.05) is 48.5 Å². The van der Waals surface area contributed by atoms with Crippen molar-refractivity contribution in [3.05, 3.63) is 71.5 Å². The third kappa shape index (κ3) is 5.41. The number of nitrogens with zero attached hydrogens (tertiary/aromatic N) is 1. The van der Waals surface area contributed by atoms with Crippen LogP contribution in [-0.2, 0) is 22.6 Å². The number of amides is 2. The van der Waals surface area contributed by atoms with Gasteiger partial charge in [0.15, 0.2) is 0 Å². The second-order valence-electron chi connectivity index (χ2n) is 6.61. The van der Waals surface area contributed by atoms with Gasteiger partial charge in [-0.05, 0) is 32.4 Å². The van der Waals surface area contributed by atoms with E-state index in [-0.39, 0.29) is 36.6 Å². The summed E-state index contributed by atoms with van der Waals surface area (Å²) in [4.78, 5) is 26.7. The molecule has 1 atom stereocenters. The van der Waals surface area contributed by atoms with Crippen LogP contribution >= 0.6 is 0 Å². The number of hydrogen-bond donors (Lipinski definition) is 1. The highest BCUT2D eigenvalue weighted by Gasteiger charge is 2.27. The van der Waals surface area contributed by atoms with E-state index in [1.54, 1.807) is 25.1 Å². The van der Waals surface area contributed by atoms with Crippen molar-refractivity contribution in [2.45, 2.75) is 45.8 Å². The van der Waals surface area contributed by atoms with Crippen molar-refractivity contribution >= 4 is 11.8 Å². The molecule has 2 amide bonds. The lowest BCUT2D eigenvalue weighted by Crippen LogP contribution is -2.49. The second kappa shape index (κ2) is 9.13. The lowest BCUT2D eigenvalue weighted by Gasteiger charge is -2.29. The van der Waals surface area contributed by atoms with Crippen LogP contribution in [0, 0.1) is 5.82 Å². The molecule has 4 nitrogen and oxygen atoms in total. The lowest BCUT2D eigenvalue weighted by atomic mass is 10.1. The molecule has 0 heterocycles. The van der Waals surface area contributed by atoms with Crippen LogP contribution in [-0.4, -0.2) is 28.8 Å². The molecule has 0 bridgehead atoms. The van der Waals surface area contributed by atoms with E-state index in [1.807, 2.05) is 44.2 Å². The van der Waals surface area contributed by atoms with Gasteiger partial charge in [0.25, 0.3) is 0 Å². The van der Waals surface area contributed by atoms with E-state index in [4.69, 9.17) is 0 Å². The topological polar surface area (TPSA) is 49.4 Å². The number of rotatable bonds is 7. The van der Waals surface area contributed by atoms with Gasteiger partial charge in [0.05, 0.1) is 6.42 Å². The quantitative estimate of drug-likeness (QED) is 0.827. The summed E-state index contributed by atoms with van der Waals surface area (Å²) in [6, 6.07) is 14.9. The molecular weight excluding hydrogens is 331 g/mol. The average Bonchev–Trinajstić information content (AvgIpc) is 2.60. The van der Waals surface area contributed by atoms with E-state index in [0.29, 0.717) is 5.56 Å². The molecule has 0 saturated heterocycles. The highest BCUT2D eigenvalue weighted by Crippen LogP contribution is 2.15. The van der Waals surface area contributed by atoms with Gasteiger partial charge < -0.3 is 10.2 Å². The molecule has 0 aliphatic heterocycles. The minimum atomic E-state index is -0.701. The summed E-state index contributed by atoms with van der Waals surface area (Å²) in [5, 5.41) is 2.82. The summed E-state index contributed by atoms with van der Waals surface area (Å²) in [6.45, 7) is 5.43. The average molecular weight is 356 g/mol. The number of carbonyl (C=O) groups is 2. The fourth-order valence-electron chi connectivity index (χ4n) is 2.67. The van der Waals surface area contributed by atoms with Crippen LogP contribution in [0.3, 0.4) is 0 Å². The molecule has 138 valence electrons. The predicted molar refractivity (Wildman–Crippen MR) is 99.8 cm³/mol. The Morgan fingerprint density at radius 3 is 2.23 bits per heavy atom. The molecule has 0 fully saturated rings. The summed E-state index contributed by atoms with van der Waals surface area (Å²) < 4.78 is 14.1. The van der Waals surface area contributed by atoms with E-state index in [1.165, 1.54) is 11.0 Å². The Balaban J connectivity index is 2.23. The molecule has 2 rings (SSSR count). The molecule has 0 aliphatic carbocycles. The summed E-state index contributed by atoms with van der Waals surface area (Å²) >= 11 is 0. The van der Waals surface area contributed by atoms with Crippen LogP contribution < -0.4 is 5.32 Å². The van der Waals surface area contributed by atoms with E-state index in [0.717, 1.165) is 5.56 Å². The minimum absolute atomic E-state index is 0.0375. The van der Waals surface area contributed by atoms with Crippen LogP contribution in [0.5, 0.6) is 0 Å². The Morgan fingerprint density at radius 2 is 1.62 bits per heavy atom. The molecule has 1 N–H and O–H groups in total. The van der Waals surface area contributed by atoms with Gasteiger partial charge in [-0.2, -0.15) is 0 Å². The summed E-state index contributed by atoms with van der Waals surface area (Å²) in [6.07, 6.45) is 0.161. The van der Waals surface area contributed by atoms with Crippen LogP contribution in [0.2, 0.25) is 0 Å². The fourth-order valence-corrected chi connectivity index (χ4v) is 2.67. The van der Waals surface area contributed by atoms with Crippen molar-refractivity contribution in [3.63, 3.8) is 0 Å². The standard InChI is InChI=1S/C21H25FN2O2/c1-15(2)23-21(26)16(3)24(14-18-11-7-8-12-19(18)22)20(25)13-17-9-5-4-6-10-17/h4-12,15-16H,13-14H2,1-3H3,(H,23,26)/t16-/m0/s1. The van der Waals surface area contributed by atoms with Crippen LogP contribution in [0.4, 0.5) is 4.39 Å². The Bertz CT molecular complexity index is 747. The molecule has 0 spiro atoms. The molecule has 2 aromatic carbocycles. The Labute approximate surface area is 154 Å². The van der Waals surface area contributed by atoms with E-state index in [2.05, 4.69) is 5.32 Å². The zero-order valence-electron chi connectivity index (χ0n) is 15.4. The van der Waals surface area contributed by atoms with Crippen LogP contribution in [0.15, 0.2) is 54.6 Å². The first-order valence-corrected chi connectivity index (χ1v) is 8.75. The second-order valence-corrected chi connectivity index (χ2v) is 6.61. The number of carbonyl (C=O) groups excluding carboxylic acids is 2. The number of nitrogens with one attached hydrogen (secondary N) is 1. The number of benzene rings is 2. The maximum Gasteiger partial charge on any atom is 0.242 e. The molecule has 5 heteroatoms. The SMILES string of the molecule is CC(C)NC(=O)[C@H](C)N(Cc1ccccc1F)C(=O)Cc1ccccc1. The van der Waals surface area contributed by atoms with E-state index in [9.17, 15) is 14.0 Å². The third-order valence-corrected chi connectivity index (χ3v) is 4.09. The largest absolute Gasteiger partial charge is 0.352 e. The van der Waals surface area contributed by atoms with Gasteiger partial charge in [0.2, 0.25) is 11.8 Å². The third-order valence-electron chi connectivity index (χ3n) is 4.09. The zero-order chi connectivity index (χ0) is 19.1. The van der Waals surface area contributed by atoms with Gasteiger partial charge in [0, 0.05) is 18.2 Å². The molecule has 0 radical (unpaired) electrons. The van der Waals surface area contributed by atoms with Crippen LogP contribution in [0.25, 0.3) is 0 Å². The molecule has 0 aliphatic rings. The van der Waals surface area contributed by atoms with Crippen LogP contribution in [0.1, 0.15) is 31.9 Å². The first kappa shape index (κ1) is 19.6. The molecule has 26 heavy (non-hydrogen) atoms. The Hall–Kier alpha value is -2.69. The molecular formula is C21H25FN2O2. The van der Waals surface area contributed by atoms with Gasteiger partial charge in [-0.25, -0.2) is 4.39 Å². The number of hydrogen-bond acceptors (Lipinski definition) is 2. The van der Waals surface area contributed by atoms with Gasteiger partial charge in [0.1, 0.15) is 11.9 Å². The summed E-state index contributed by atoms with van der Waals surface area (Å²) in [7, 11) is 0. The predicted octanol–water partition coefficient (Wildman–Crippen LogP) is 3.31. The Morgan fingerprint density at radius 1 is 1.00 bits per heavy atom. The van der Waals surface area contributed by atoms with Crippen molar-refractivity contribution < 1.29 is 14.0 Å². The zero-order valence-corrected chi connectivity index (χ0v) is 15.4. The monoisotopic (exact) mass is 356 g/mol. The highest BCUT2D eigenvalue weighted by molar-refractivity contribution is 5.88. The maximum absolute atomic E-state index is 14.1. The van der Waals surface area contributed by atoms with Gasteiger partial charge in [-0.15, -0.1) is 0 Å². The van der Waals surface area contributed by atoms with E-state index < -0.39 is 6.04 Å². The van der Waals surface area contributed by atoms with Gasteiger partial charge in [-0.3, -0.25) is 9.59 Å². The highest BCUT2D eigenvalue weighted by atomic mass is 19.1.